The SMILES string of the molecule is C=C(C)COc1ccc(CC(=O)n2ccc(C=Cc3ccco3)n2)cc1. The first-order valence-electron chi connectivity index (χ1n) is 8.27. The van der Waals surface area contributed by atoms with Crippen molar-refractivity contribution in [3.8, 4) is 5.75 Å². The third-order valence-electron chi connectivity index (χ3n) is 3.59. The maximum absolute atomic E-state index is 12.4. The fourth-order valence-corrected chi connectivity index (χ4v) is 2.29. The normalized spacial score (nSPS) is 11.0. The van der Waals surface area contributed by atoms with Crippen LogP contribution in [0.25, 0.3) is 12.2 Å². The molecular formula is C21H20N2O3. The van der Waals surface area contributed by atoms with Gasteiger partial charge in [-0.1, -0.05) is 18.7 Å². The molecule has 5 nitrogen and oxygen atoms in total. The summed E-state index contributed by atoms with van der Waals surface area (Å²) in [4.78, 5) is 12.4. The summed E-state index contributed by atoms with van der Waals surface area (Å²) in [5.41, 5.74) is 2.55. The van der Waals surface area contributed by atoms with Crippen molar-refractivity contribution in [1.82, 2.24) is 9.78 Å². The number of hydrogen-bond acceptors (Lipinski definition) is 4. The standard InChI is InChI=1S/C21H20N2O3/c1-16(2)15-26-20-8-5-17(6-9-20)14-21(24)23-12-11-18(22-23)7-10-19-4-3-13-25-19/h3-13H,1,14-15H2,2H3. The first kappa shape index (κ1) is 17.5. The lowest BCUT2D eigenvalue weighted by Gasteiger charge is -2.06. The number of benzene rings is 1. The lowest BCUT2D eigenvalue weighted by molar-refractivity contribution is 0.0898. The monoisotopic (exact) mass is 348 g/mol. The smallest absolute Gasteiger partial charge is 0.251 e. The molecule has 3 aromatic rings. The summed E-state index contributed by atoms with van der Waals surface area (Å²) in [7, 11) is 0. The summed E-state index contributed by atoms with van der Waals surface area (Å²) < 4.78 is 12.1. The molecule has 1 aromatic carbocycles. The maximum atomic E-state index is 12.4. The van der Waals surface area contributed by atoms with Crippen LogP contribution >= 0.6 is 0 Å². The molecule has 0 atom stereocenters. The van der Waals surface area contributed by atoms with Crippen molar-refractivity contribution in [3.05, 3.63) is 84.1 Å². The number of carbonyl (C=O) groups is 1. The van der Waals surface area contributed by atoms with Crippen molar-refractivity contribution in [2.75, 3.05) is 6.61 Å². The van der Waals surface area contributed by atoms with Crippen molar-refractivity contribution < 1.29 is 13.9 Å². The minimum Gasteiger partial charge on any atom is -0.489 e. The van der Waals surface area contributed by atoms with Gasteiger partial charge in [0.1, 0.15) is 18.1 Å². The van der Waals surface area contributed by atoms with Crippen molar-refractivity contribution >= 4 is 18.1 Å². The van der Waals surface area contributed by atoms with Crippen LogP contribution in [0.15, 0.2) is 71.5 Å². The summed E-state index contributed by atoms with van der Waals surface area (Å²) in [5.74, 6) is 1.40. The second-order valence-corrected chi connectivity index (χ2v) is 5.99. The van der Waals surface area contributed by atoms with Gasteiger partial charge in [-0.05, 0) is 60.5 Å². The van der Waals surface area contributed by atoms with Crippen LogP contribution in [0.4, 0.5) is 0 Å². The molecule has 0 aliphatic rings. The van der Waals surface area contributed by atoms with Gasteiger partial charge in [-0.15, -0.1) is 0 Å². The largest absolute Gasteiger partial charge is 0.489 e. The minimum atomic E-state index is -0.0988. The molecule has 0 fully saturated rings. The van der Waals surface area contributed by atoms with Gasteiger partial charge in [-0.2, -0.15) is 5.10 Å². The fourth-order valence-electron chi connectivity index (χ4n) is 2.29. The van der Waals surface area contributed by atoms with E-state index in [1.54, 1.807) is 30.7 Å². The molecule has 0 saturated carbocycles. The van der Waals surface area contributed by atoms with Crippen LogP contribution in [-0.4, -0.2) is 22.3 Å². The van der Waals surface area contributed by atoms with Gasteiger partial charge in [0.25, 0.3) is 5.91 Å². The molecule has 0 aliphatic carbocycles. The summed E-state index contributed by atoms with van der Waals surface area (Å²) >= 11 is 0. The van der Waals surface area contributed by atoms with E-state index in [1.807, 2.05) is 43.3 Å². The van der Waals surface area contributed by atoms with Gasteiger partial charge in [0.2, 0.25) is 0 Å². The zero-order valence-corrected chi connectivity index (χ0v) is 14.6. The Kier molecular flexibility index (Phi) is 5.49. The average molecular weight is 348 g/mol. The molecule has 0 spiro atoms. The number of ether oxygens (including phenoxy) is 1. The molecule has 2 heterocycles. The second-order valence-electron chi connectivity index (χ2n) is 5.99. The maximum Gasteiger partial charge on any atom is 0.251 e. The number of furan rings is 1. The summed E-state index contributed by atoms with van der Waals surface area (Å²) in [5, 5.41) is 4.28. The van der Waals surface area contributed by atoms with Gasteiger partial charge < -0.3 is 9.15 Å². The predicted molar refractivity (Wildman–Crippen MR) is 101 cm³/mol. The van der Waals surface area contributed by atoms with E-state index in [2.05, 4.69) is 11.7 Å². The van der Waals surface area contributed by atoms with E-state index in [9.17, 15) is 4.79 Å². The number of nitrogens with zero attached hydrogens (tertiary/aromatic N) is 2. The highest BCUT2D eigenvalue weighted by atomic mass is 16.5. The van der Waals surface area contributed by atoms with E-state index < -0.39 is 0 Å². The first-order chi connectivity index (χ1) is 12.6. The minimum absolute atomic E-state index is 0.0988. The van der Waals surface area contributed by atoms with Gasteiger partial charge in [0.15, 0.2) is 0 Å². The first-order valence-corrected chi connectivity index (χ1v) is 8.27. The third-order valence-corrected chi connectivity index (χ3v) is 3.59. The van der Waals surface area contributed by atoms with Crippen LogP contribution in [0.1, 0.15) is 28.7 Å². The lowest BCUT2D eigenvalue weighted by Crippen LogP contribution is -2.14. The average Bonchev–Trinajstić information content (AvgIpc) is 3.31. The van der Waals surface area contributed by atoms with Crippen LogP contribution in [0.5, 0.6) is 5.75 Å². The molecule has 0 saturated heterocycles. The Bertz CT molecular complexity index is 903. The van der Waals surface area contributed by atoms with Gasteiger partial charge >= 0.3 is 0 Å². The molecule has 5 heteroatoms. The molecule has 0 amide bonds. The highest BCUT2D eigenvalue weighted by molar-refractivity contribution is 5.80. The van der Waals surface area contributed by atoms with E-state index >= 15 is 0 Å². The van der Waals surface area contributed by atoms with Gasteiger partial charge in [-0.3, -0.25) is 4.79 Å². The molecule has 0 radical (unpaired) electrons. The van der Waals surface area contributed by atoms with E-state index in [1.165, 1.54) is 4.68 Å². The molecular weight excluding hydrogens is 328 g/mol. The molecule has 132 valence electrons. The molecule has 0 N–H and O–H groups in total. The van der Waals surface area contributed by atoms with Crippen LogP contribution < -0.4 is 4.74 Å². The number of hydrogen-bond donors (Lipinski definition) is 0. The van der Waals surface area contributed by atoms with E-state index in [0.29, 0.717) is 12.3 Å². The van der Waals surface area contributed by atoms with Crippen molar-refractivity contribution in [2.24, 2.45) is 0 Å². The van der Waals surface area contributed by atoms with E-state index in [0.717, 1.165) is 22.6 Å². The Labute approximate surface area is 152 Å². The molecule has 2 aromatic heterocycles. The van der Waals surface area contributed by atoms with Crippen LogP contribution in [0.3, 0.4) is 0 Å². The molecule has 0 unspecified atom stereocenters. The highest BCUT2D eigenvalue weighted by Gasteiger charge is 2.08. The van der Waals surface area contributed by atoms with Crippen molar-refractivity contribution in [2.45, 2.75) is 13.3 Å². The Morgan fingerprint density at radius 3 is 2.73 bits per heavy atom. The van der Waals surface area contributed by atoms with E-state index in [4.69, 9.17) is 9.15 Å². The van der Waals surface area contributed by atoms with E-state index in [-0.39, 0.29) is 12.3 Å². The predicted octanol–water partition coefficient (Wildman–Crippen LogP) is 4.48. The Balaban J connectivity index is 1.59. The summed E-state index contributed by atoms with van der Waals surface area (Å²) in [6.07, 6.45) is 7.14. The van der Waals surface area contributed by atoms with Crippen LogP contribution in [0.2, 0.25) is 0 Å². The highest BCUT2D eigenvalue weighted by Crippen LogP contribution is 2.14. The number of carbonyl (C=O) groups excluding carboxylic acids is 1. The lowest BCUT2D eigenvalue weighted by atomic mass is 10.1. The number of rotatable bonds is 7. The van der Waals surface area contributed by atoms with Crippen molar-refractivity contribution in [3.63, 3.8) is 0 Å². The second kappa shape index (κ2) is 8.16. The Morgan fingerprint density at radius 1 is 1.23 bits per heavy atom. The topological polar surface area (TPSA) is 57.3 Å². The van der Waals surface area contributed by atoms with Gasteiger partial charge in [0.05, 0.1) is 18.4 Å². The van der Waals surface area contributed by atoms with Gasteiger partial charge in [0, 0.05) is 6.20 Å². The van der Waals surface area contributed by atoms with Gasteiger partial charge in [-0.25, -0.2) is 4.68 Å². The zero-order chi connectivity index (χ0) is 18.4. The quantitative estimate of drug-likeness (QED) is 0.591. The van der Waals surface area contributed by atoms with Crippen molar-refractivity contribution in [1.29, 1.82) is 0 Å². The fraction of sp³-hybridized carbons (Fsp3) is 0.143. The summed E-state index contributed by atoms with van der Waals surface area (Å²) in [6, 6.07) is 12.9. The molecule has 0 bridgehead atoms. The molecule has 3 rings (SSSR count). The Morgan fingerprint density at radius 2 is 2.04 bits per heavy atom. The Hall–Kier alpha value is -3.34. The molecule has 0 aliphatic heterocycles. The third kappa shape index (κ3) is 4.83. The van der Waals surface area contributed by atoms with Crippen LogP contribution in [-0.2, 0) is 6.42 Å². The number of aromatic nitrogens is 2. The zero-order valence-electron chi connectivity index (χ0n) is 14.6. The van der Waals surface area contributed by atoms with Crippen LogP contribution in [0, 0.1) is 0 Å². The summed E-state index contributed by atoms with van der Waals surface area (Å²) in [6.45, 7) is 6.20. The molecule has 26 heavy (non-hydrogen) atoms.